The van der Waals surface area contributed by atoms with E-state index in [0.717, 1.165) is 0 Å². The fraction of sp³-hybridized carbons (Fsp3) is 0. The summed E-state index contributed by atoms with van der Waals surface area (Å²) < 4.78 is 69.0. The first-order chi connectivity index (χ1) is 7.46. The summed E-state index contributed by atoms with van der Waals surface area (Å²) in [4.78, 5) is 48.6. The molecule has 0 heterocycles. The van der Waals surface area contributed by atoms with E-state index in [1.165, 1.54) is 0 Å². The summed E-state index contributed by atoms with van der Waals surface area (Å²) >= 11 is -8.56. The van der Waals surface area contributed by atoms with Crippen LogP contribution in [-0.4, -0.2) is 123 Å². The molecule has 114 valence electrons. The maximum absolute atomic E-state index is 8.66. The fourth-order valence-electron chi connectivity index (χ4n) is 0. The van der Waals surface area contributed by atoms with Gasteiger partial charge in [0, 0.05) is 0 Å². The summed E-state index contributed by atoms with van der Waals surface area (Å²) in [5.41, 5.74) is 0. The predicted octanol–water partition coefficient (Wildman–Crippen LogP) is -8.39. The van der Waals surface area contributed by atoms with Gasteiger partial charge in [-0.25, -0.2) is 0 Å². The topological polar surface area (TPSA) is 281 Å². The van der Waals surface area contributed by atoms with Gasteiger partial charge in [-0.15, -0.1) is 0 Å². The minimum atomic E-state index is -5.14. The summed E-state index contributed by atoms with van der Waals surface area (Å²) in [6.07, 6.45) is 0. The minimum absolute atomic E-state index is 0. The van der Waals surface area contributed by atoms with E-state index >= 15 is 0 Å². The molecule has 0 unspecified atom stereocenters. The SMILES string of the molecule is O=P([O-])([O-])O.O=P([O-])([O-])O.[Ca+2].[Ca+2].[Ca+2].[O]=[W](=[O])[O-].[O]=[W](=[O])[O-]. The molecule has 0 radical (unpaired) electrons. The van der Waals surface area contributed by atoms with Gasteiger partial charge in [-0.05, 0) is 0 Å². The second-order valence-electron chi connectivity index (χ2n) is 1.35. The number of phosphoric acid groups is 2. The summed E-state index contributed by atoms with van der Waals surface area (Å²) in [5, 5.41) is 0. The zero-order chi connectivity index (χ0) is 16.2. The van der Waals surface area contributed by atoms with Gasteiger partial charge in [0.25, 0.3) is 0 Å². The van der Waals surface area contributed by atoms with Crippen LogP contribution >= 0.6 is 15.6 Å². The summed E-state index contributed by atoms with van der Waals surface area (Å²) in [6.45, 7) is 0. The molecule has 21 heavy (non-hydrogen) atoms. The van der Waals surface area contributed by atoms with Crippen LogP contribution in [0.1, 0.15) is 0 Å². The van der Waals surface area contributed by atoms with Crippen LogP contribution in [0.15, 0.2) is 0 Å². The second kappa shape index (κ2) is 26.7. The molecule has 0 aliphatic rings. The van der Waals surface area contributed by atoms with Crippen LogP contribution in [0, 0.1) is 0 Å². The second-order valence-corrected chi connectivity index (χ2v) is 6.15. The Morgan fingerprint density at radius 2 is 0.619 bits per heavy atom. The molecular formula is H2Ca3O14P2W2. The Kier molecular flexibility index (Phi) is 56.9. The molecule has 0 aromatic rings. The van der Waals surface area contributed by atoms with Gasteiger partial charge in [0.1, 0.15) is 0 Å². The van der Waals surface area contributed by atoms with Gasteiger partial charge in [-0.2, -0.15) is 0 Å². The Labute approximate surface area is 219 Å². The number of hydrogen-bond acceptors (Lipinski definition) is 12. The van der Waals surface area contributed by atoms with Gasteiger partial charge in [0.05, 0.1) is 15.6 Å². The molecular weight excluding hydrogens is 774 g/mol. The summed E-state index contributed by atoms with van der Waals surface area (Å²) in [6, 6.07) is 0. The van der Waals surface area contributed by atoms with Crippen LogP contribution in [0.5, 0.6) is 0 Å². The van der Waals surface area contributed by atoms with Crippen LogP contribution in [0.3, 0.4) is 0 Å². The van der Waals surface area contributed by atoms with Crippen molar-refractivity contribution in [1.82, 2.24) is 0 Å². The molecule has 0 spiro atoms. The van der Waals surface area contributed by atoms with Crippen LogP contribution < -0.4 is 27.1 Å². The van der Waals surface area contributed by atoms with E-state index in [9.17, 15) is 0 Å². The van der Waals surface area contributed by atoms with E-state index in [0.29, 0.717) is 0 Å². The standard InChI is InChI=1S/3Ca.2H3O4P.6O.2W/c;;;2*1-5(2,3)4;;;;;;;;/h;;;2*(H3,1,2,3,4);;;;;;;;/q3*+2;;;;;;;2*-1;;/p-4. The van der Waals surface area contributed by atoms with Crippen LogP contribution in [0.2, 0.25) is 0 Å². The number of rotatable bonds is 0. The maximum atomic E-state index is 8.66. The Morgan fingerprint density at radius 1 is 0.619 bits per heavy atom. The average Bonchev–Trinajstić information content (AvgIpc) is 1.70. The van der Waals surface area contributed by atoms with Gasteiger partial charge >= 0.3 is 170 Å². The van der Waals surface area contributed by atoms with Gasteiger partial charge in [0.2, 0.25) is 0 Å². The summed E-state index contributed by atoms with van der Waals surface area (Å²) in [7, 11) is -10.3. The molecule has 0 bridgehead atoms. The van der Waals surface area contributed by atoms with Crippen molar-refractivity contribution >= 4 is 129 Å². The van der Waals surface area contributed by atoms with E-state index in [4.69, 9.17) is 59.6 Å². The fourth-order valence-corrected chi connectivity index (χ4v) is 0. The quantitative estimate of drug-likeness (QED) is 0.171. The molecule has 0 amide bonds. The molecule has 0 aliphatic carbocycles. The van der Waals surface area contributed by atoms with Crippen molar-refractivity contribution in [3.63, 3.8) is 0 Å². The first-order valence-corrected chi connectivity index (χ1v) is 12.7. The molecule has 0 saturated carbocycles. The van der Waals surface area contributed by atoms with E-state index in [1.54, 1.807) is 0 Å². The third-order valence-corrected chi connectivity index (χ3v) is 0. The van der Waals surface area contributed by atoms with Crippen molar-refractivity contribution < 1.29 is 94.8 Å². The third kappa shape index (κ3) is 613. The van der Waals surface area contributed by atoms with Gasteiger partial charge in [-0.1, -0.05) is 0 Å². The molecule has 0 aliphatic heterocycles. The van der Waals surface area contributed by atoms with E-state index in [1.807, 2.05) is 0 Å². The van der Waals surface area contributed by atoms with Gasteiger partial charge in [0.15, 0.2) is 0 Å². The molecule has 0 saturated heterocycles. The van der Waals surface area contributed by atoms with Crippen molar-refractivity contribution in [2.75, 3.05) is 0 Å². The molecule has 0 aromatic heterocycles. The molecule has 2 N–H and O–H groups in total. The van der Waals surface area contributed by atoms with E-state index in [2.05, 4.69) is 0 Å². The molecule has 14 nitrogen and oxygen atoms in total. The zero-order valence-corrected chi connectivity index (χ0v) is 23.9. The zero-order valence-electron chi connectivity index (χ0n) is 9.63. The van der Waals surface area contributed by atoms with E-state index in [-0.39, 0.29) is 113 Å². The normalized spacial score (nSPS) is 8.00. The van der Waals surface area contributed by atoms with Crippen LogP contribution in [0.4, 0.5) is 0 Å². The first kappa shape index (κ1) is 44.7. The average molecular weight is 776 g/mol. The first-order valence-electron chi connectivity index (χ1n) is 2.50. The van der Waals surface area contributed by atoms with Crippen molar-refractivity contribution in [1.29, 1.82) is 0 Å². The van der Waals surface area contributed by atoms with Crippen molar-refractivity contribution in [3.8, 4) is 0 Å². The monoisotopic (exact) mass is 776 g/mol. The Bertz CT molecular complexity index is 339. The van der Waals surface area contributed by atoms with E-state index < -0.39 is 50.9 Å². The Balaban J connectivity index is -0.0000000239. The Morgan fingerprint density at radius 3 is 0.619 bits per heavy atom. The molecule has 21 heteroatoms. The molecule has 0 fully saturated rings. The molecule has 0 aromatic carbocycles. The molecule has 0 atom stereocenters. The molecule has 0 rings (SSSR count). The third-order valence-electron chi connectivity index (χ3n) is 0. The van der Waals surface area contributed by atoms with Crippen molar-refractivity contribution in [2.24, 2.45) is 0 Å². The van der Waals surface area contributed by atoms with Crippen molar-refractivity contribution in [3.05, 3.63) is 0 Å². The van der Waals surface area contributed by atoms with Crippen molar-refractivity contribution in [2.45, 2.75) is 0 Å². The predicted molar refractivity (Wildman–Crippen MR) is 39.7 cm³/mol. The van der Waals surface area contributed by atoms with Crippen LogP contribution in [-0.2, 0) is 58.0 Å². The van der Waals surface area contributed by atoms with Gasteiger partial charge in [-0.3, -0.25) is 0 Å². The van der Waals surface area contributed by atoms with Gasteiger partial charge < -0.3 is 38.5 Å². The Hall–Kier alpha value is 4.50. The van der Waals surface area contributed by atoms with Crippen LogP contribution in [0.25, 0.3) is 0 Å². The summed E-state index contributed by atoms with van der Waals surface area (Å²) in [5.74, 6) is 0. The number of hydrogen-bond donors (Lipinski definition) is 2.